The Bertz CT molecular complexity index is 112. The largest absolute Gasteiger partial charge is 0.317 e. The Balaban J connectivity index is 1.69. The van der Waals surface area contributed by atoms with Gasteiger partial charge in [-0.15, -0.1) is 0 Å². The summed E-state index contributed by atoms with van der Waals surface area (Å²) in [6.45, 7) is 4.64. The van der Waals surface area contributed by atoms with E-state index in [4.69, 9.17) is 0 Å². The Morgan fingerprint density at radius 2 is 2.00 bits per heavy atom. The van der Waals surface area contributed by atoms with E-state index >= 15 is 0 Å². The highest BCUT2D eigenvalue weighted by Gasteiger charge is 2.51. The zero-order chi connectivity index (χ0) is 6.97. The van der Waals surface area contributed by atoms with Crippen molar-refractivity contribution in [1.82, 2.24) is 5.32 Å². The van der Waals surface area contributed by atoms with Gasteiger partial charge in [0.2, 0.25) is 0 Å². The summed E-state index contributed by atoms with van der Waals surface area (Å²) in [6.07, 6.45) is 4.57. The average Bonchev–Trinajstić information content (AvgIpc) is 2.46. The highest BCUT2D eigenvalue weighted by Crippen LogP contribution is 2.56. The van der Waals surface area contributed by atoms with Crippen LogP contribution in [-0.2, 0) is 0 Å². The van der Waals surface area contributed by atoms with Gasteiger partial charge in [-0.3, -0.25) is 0 Å². The number of rotatable bonds is 3. The van der Waals surface area contributed by atoms with Crippen molar-refractivity contribution in [3.05, 3.63) is 0 Å². The lowest BCUT2D eigenvalue weighted by molar-refractivity contribution is 0.543. The summed E-state index contributed by atoms with van der Waals surface area (Å²) < 4.78 is 0. The smallest absolute Gasteiger partial charge is 0.00151 e. The second-order valence-corrected chi connectivity index (χ2v) is 3.73. The van der Waals surface area contributed by atoms with Gasteiger partial charge in [0.05, 0.1) is 0 Å². The van der Waals surface area contributed by atoms with Crippen molar-refractivity contribution in [2.45, 2.75) is 26.2 Å². The van der Waals surface area contributed by atoms with Crippen molar-refractivity contribution in [1.29, 1.82) is 0 Å². The third-order valence-corrected chi connectivity index (χ3v) is 3.21. The molecule has 0 aromatic heterocycles. The molecule has 2 aliphatic carbocycles. The normalized spacial score (nSPS) is 43.5. The first-order valence-electron chi connectivity index (χ1n) is 4.64. The SMILES string of the molecule is CCNCC1C2CCCC21. The predicted octanol–water partition coefficient (Wildman–Crippen LogP) is 1.64. The van der Waals surface area contributed by atoms with E-state index in [1.54, 1.807) is 0 Å². The summed E-state index contributed by atoms with van der Waals surface area (Å²) in [5, 5.41) is 3.44. The molecule has 1 heteroatoms. The Kier molecular flexibility index (Phi) is 1.69. The minimum atomic E-state index is 1.08. The van der Waals surface area contributed by atoms with Crippen LogP contribution < -0.4 is 5.32 Å². The lowest BCUT2D eigenvalue weighted by Crippen LogP contribution is -2.17. The van der Waals surface area contributed by atoms with Gasteiger partial charge in [-0.2, -0.15) is 0 Å². The molecule has 2 saturated carbocycles. The van der Waals surface area contributed by atoms with E-state index in [0.717, 1.165) is 24.3 Å². The number of hydrogen-bond acceptors (Lipinski definition) is 1. The zero-order valence-electron chi connectivity index (χ0n) is 6.77. The fraction of sp³-hybridized carbons (Fsp3) is 1.00. The van der Waals surface area contributed by atoms with Gasteiger partial charge < -0.3 is 5.32 Å². The minimum absolute atomic E-state index is 1.08. The summed E-state index contributed by atoms with van der Waals surface area (Å²) in [4.78, 5) is 0. The summed E-state index contributed by atoms with van der Waals surface area (Å²) in [6, 6.07) is 0. The molecule has 2 rings (SSSR count). The molecular weight excluding hydrogens is 122 g/mol. The highest BCUT2D eigenvalue weighted by atomic mass is 14.9. The Morgan fingerprint density at radius 1 is 1.30 bits per heavy atom. The Morgan fingerprint density at radius 3 is 2.60 bits per heavy atom. The minimum Gasteiger partial charge on any atom is -0.317 e. The quantitative estimate of drug-likeness (QED) is 0.627. The van der Waals surface area contributed by atoms with E-state index < -0.39 is 0 Å². The van der Waals surface area contributed by atoms with Crippen molar-refractivity contribution >= 4 is 0 Å². The molecule has 10 heavy (non-hydrogen) atoms. The second-order valence-electron chi connectivity index (χ2n) is 3.73. The molecule has 2 fully saturated rings. The lowest BCUT2D eigenvalue weighted by Gasteiger charge is -2.02. The molecule has 0 heterocycles. The van der Waals surface area contributed by atoms with Gasteiger partial charge in [0.1, 0.15) is 0 Å². The fourth-order valence-electron chi connectivity index (χ4n) is 2.58. The molecule has 0 aromatic carbocycles. The highest BCUT2D eigenvalue weighted by molar-refractivity contribution is 5.01. The van der Waals surface area contributed by atoms with Crippen molar-refractivity contribution in [3.63, 3.8) is 0 Å². The molecule has 0 radical (unpaired) electrons. The maximum Gasteiger partial charge on any atom is -0.00151 e. The molecule has 0 aliphatic heterocycles. The second kappa shape index (κ2) is 2.54. The van der Waals surface area contributed by atoms with Crippen LogP contribution in [0.4, 0.5) is 0 Å². The number of fused-ring (bicyclic) bond motifs is 1. The molecule has 0 spiro atoms. The number of nitrogens with one attached hydrogen (secondary N) is 1. The maximum atomic E-state index is 3.44. The third-order valence-electron chi connectivity index (χ3n) is 3.21. The van der Waals surface area contributed by atoms with Gasteiger partial charge in [0.25, 0.3) is 0 Å². The van der Waals surface area contributed by atoms with Gasteiger partial charge in [-0.25, -0.2) is 0 Å². The Labute approximate surface area is 63.2 Å². The monoisotopic (exact) mass is 139 g/mol. The molecule has 0 aromatic rings. The molecule has 2 atom stereocenters. The van der Waals surface area contributed by atoms with E-state index in [9.17, 15) is 0 Å². The number of hydrogen-bond donors (Lipinski definition) is 1. The van der Waals surface area contributed by atoms with Crippen molar-refractivity contribution < 1.29 is 0 Å². The average molecular weight is 139 g/mol. The van der Waals surface area contributed by atoms with Crippen molar-refractivity contribution in [2.75, 3.05) is 13.1 Å². The molecule has 0 bridgehead atoms. The molecule has 1 N–H and O–H groups in total. The topological polar surface area (TPSA) is 12.0 Å². The first-order chi connectivity index (χ1) is 4.93. The van der Waals surface area contributed by atoms with E-state index in [1.807, 2.05) is 0 Å². The van der Waals surface area contributed by atoms with Gasteiger partial charge in [-0.05, 0) is 43.7 Å². The van der Waals surface area contributed by atoms with Crippen LogP contribution >= 0.6 is 0 Å². The molecule has 2 aliphatic rings. The maximum absolute atomic E-state index is 3.44. The van der Waals surface area contributed by atoms with Crippen LogP contribution in [0.5, 0.6) is 0 Å². The zero-order valence-corrected chi connectivity index (χ0v) is 6.77. The molecular formula is C9H17N. The first kappa shape index (κ1) is 6.66. The summed E-state index contributed by atoms with van der Waals surface area (Å²) >= 11 is 0. The van der Waals surface area contributed by atoms with Crippen LogP contribution in [0.3, 0.4) is 0 Å². The van der Waals surface area contributed by atoms with Crippen LogP contribution in [0.15, 0.2) is 0 Å². The molecule has 0 amide bonds. The predicted molar refractivity (Wildman–Crippen MR) is 42.9 cm³/mol. The van der Waals surface area contributed by atoms with Crippen LogP contribution in [0.25, 0.3) is 0 Å². The standard InChI is InChI=1S/C9H17N/c1-2-10-6-9-7-4-3-5-8(7)9/h7-10H,2-6H2,1H3. The van der Waals surface area contributed by atoms with Gasteiger partial charge >= 0.3 is 0 Å². The summed E-state index contributed by atoms with van der Waals surface area (Å²) in [5.74, 6) is 3.35. The van der Waals surface area contributed by atoms with Crippen LogP contribution in [0.2, 0.25) is 0 Å². The van der Waals surface area contributed by atoms with Crippen molar-refractivity contribution in [3.8, 4) is 0 Å². The van der Waals surface area contributed by atoms with E-state index in [-0.39, 0.29) is 0 Å². The molecule has 2 unspecified atom stereocenters. The summed E-state index contributed by atoms with van der Waals surface area (Å²) in [5.41, 5.74) is 0. The van der Waals surface area contributed by atoms with Crippen LogP contribution in [0, 0.1) is 17.8 Å². The van der Waals surface area contributed by atoms with Gasteiger partial charge in [0.15, 0.2) is 0 Å². The summed E-state index contributed by atoms with van der Waals surface area (Å²) in [7, 11) is 0. The molecule has 1 nitrogen and oxygen atoms in total. The van der Waals surface area contributed by atoms with E-state index in [2.05, 4.69) is 12.2 Å². The Hall–Kier alpha value is -0.0400. The lowest BCUT2D eigenvalue weighted by atomic mass is 10.1. The van der Waals surface area contributed by atoms with E-state index in [0.29, 0.717) is 0 Å². The molecule has 58 valence electrons. The molecule has 0 saturated heterocycles. The fourth-order valence-corrected chi connectivity index (χ4v) is 2.58. The van der Waals surface area contributed by atoms with Gasteiger partial charge in [-0.1, -0.05) is 13.3 Å². The van der Waals surface area contributed by atoms with Crippen LogP contribution in [-0.4, -0.2) is 13.1 Å². The van der Waals surface area contributed by atoms with Gasteiger partial charge in [0, 0.05) is 0 Å². The van der Waals surface area contributed by atoms with E-state index in [1.165, 1.54) is 25.8 Å². The van der Waals surface area contributed by atoms with Crippen LogP contribution in [0.1, 0.15) is 26.2 Å². The third kappa shape index (κ3) is 0.968. The first-order valence-corrected chi connectivity index (χ1v) is 4.64. The van der Waals surface area contributed by atoms with Crippen molar-refractivity contribution in [2.24, 2.45) is 17.8 Å².